The van der Waals surface area contributed by atoms with Gasteiger partial charge >= 0.3 is 0 Å². The highest BCUT2D eigenvalue weighted by molar-refractivity contribution is 5.34. The highest BCUT2D eigenvalue weighted by Gasteiger charge is 2.50. The average Bonchev–Trinajstić information content (AvgIpc) is 4.32. The largest absolute Gasteiger partial charge is 0.313 e. The van der Waals surface area contributed by atoms with Crippen LogP contribution in [0.2, 0.25) is 0 Å². The molecule has 0 amide bonds. The van der Waals surface area contributed by atoms with Gasteiger partial charge in [0.05, 0.1) is 0 Å². The minimum atomic E-state index is 0.391. The maximum Gasteiger partial charge on any atom is 0.0154 e. The average molecular weight is 955 g/mol. The zero-order valence-corrected chi connectivity index (χ0v) is 42.2. The molecule has 0 aromatic heterocycles. The van der Waals surface area contributed by atoms with Gasteiger partial charge in [0.15, 0.2) is 0 Å². The first-order valence-corrected chi connectivity index (χ1v) is 28.5. The van der Waals surface area contributed by atoms with Gasteiger partial charge in [-0.2, -0.15) is 0 Å². The summed E-state index contributed by atoms with van der Waals surface area (Å²) in [5, 5.41) is 26.5. The first kappa shape index (κ1) is 46.8. The lowest BCUT2D eigenvalue weighted by Crippen LogP contribution is -2.48. The van der Waals surface area contributed by atoms with E-state index < -0.39 is 0 Å². The summed E-state index contributed by atoms with van der Waals surface area (Å²) in [4.78, 5) is 0. The van der Waals surface area contributed by atoms with Crippen molar-refractivity contribution in [2.24, 2.45) is 11.8 Å². The Balaban J connectivity index is 0.892. The number of hydrogen-bond donors (Lipinski definition) is 6. The second kappa shape index (κ2) is 21.1. The lowest BCUT2D eigenvalue weighted by atomic mass is 9.76. The summed E-state index contributed by atoms with van der Waals surface area (Å²) < 4.78 is 0. The first-order valence-electron chi connectivity index (χ1n) is 28.5. The normalized spacial score (nSPS) is 37.8. The number of fused-ring (bicyclic) bond motifs is 12. The van der Waals surface area contributed by atoms with E-state index in [1.54, 1.807) is 0 Å². The standard InChI is InChI=1S/C66H78N6/c1-7-19-43(20-8-1)61-49-39-59(67-41-49)65(47-27-15-5-16-28-47)57-37-36-56(72-57)64(46-25-13-4-14-26-46)54-34-32-52(70-54)62(44-21-9-2-10-22-44)50-40-60(68-42-50)66(48-29-17-6-18-30-48)58-38-35-55(71-58)63(45-23-11-3-12-24-45)53-33-31-51(61)69-53/h1-30,49-72H,31-42H2. The third kappa shape index (κ3) is 9.35. The summed E-state index contributed by atoms with van der Waals surface area (Å²) >= 11 is 0. The van der Waals surface area contributed by atoms with Gasteiger partial charge in [0, 0.05) is 95.9 Å². The lowest BCUT2D eigenvalue weighted by Gasteiger charge is -2.36. The minimum absolute atomic E-state index is 0.391. The Kier molecular flexibility index (Phi) is 13.7. The molecule has 7 aliphatic heterocycles. The number of hydrogen-bond acceptors (Lipinski definition) is 6. The predicted octanol–water partition coefficient (Wildman–Crippen LogP) is 11.1. The molecule has 0 radical (unpaired) electrons. The van der Waals surface area contributed by atoms with Crippen molar-refractivity contribution >= 4 is 0 Å². The Labute approximate surface area is 430 Å². The van der Waals surface area contributed by atoms with E-state index >= 15 is 0 Å². The van der Waals surface area contributed by atoms with Crippen LogP contribution in [-0.4, -0.2) is 73.5 Å². The van der Waals surface area contributed by atoms with Crippen LogP contribution in [0.5, 0.6) is 0 Å². The summed E-state index contributed by atoms with van der Waals surface area (Å²) in [7, 11) is 0. The molecule has 7 saturated heterocycles. The van der Waals surface area contributed by atoms with Crippen LogP contribution < -0.4 is 31.9 Å². The second-order valence-electron chi connectivity index (χ2n) is 23.5. The van der Waals surface area contributed by atoms with Gasteiger partial charge in [-0.1, -0.05) is 182 Å². The van der Waals surface area contributed by atoms with Gasteiger partial charge in [0.1, 0.15) is 0 Å². The van der Waals surface area contributed by atoms with Crippen molar-refractivity contribution in [3.05, 3.63) is 215 Å². The molecule has 6 heteroatoms. The van der Waals surface area contributed by atoms with Crippen LogP contribution >= 0.6 is 0 Å². The third-order valence-electron chi connectivity index (χ3n) is 19.7. The monoisotopic (exact) mass is 955 g/mol. The maximum absolute atomic E-state index is 4.50. The van der Waals surface area contributed by atoms with Crippen molar-refractivity contribution in [1.29, 1.82) is 0 Å². The molecule has 0 aliphatic carbocycles. The van der Waals surface area contributed by atoms with Crippen molar-refractivity contribution < 1.29 is 0 Å². The van der Waals surface area contributed by atoms with E-state index in [9.17, 15) is 0 Å². The molecule has 18 atom stereocenters. The van der Waals surface area contributed by atoms with Gasteiger partial charge < -0.3 is 31.9 Å². The molecule has 6 nitrogen and oxygen atoms in total. The van der Waals surface area contributed by atoms with E-state index in [1.807, 2.05) is 0 Å². The number of benzene rings is 6. The quantitative estimate of drug-likeness (QED) is 0.1000. The van der Waals surface area contributed by atoms with Gasteiger partial charge in [-0.05, 0) is 123 Å². The van der Waals surface area contributed by atoms with E-state index in [4.69, 9.17) is 0 Å². The predicted molar refractivity (Wildman–Crippen MR) is 295 cm³/mol. The Morgan fingerprint density at radius 2 is 0.417 bits per heavy atom. The van der Waals surface area contributed by atoms with Crippen LogP contribution in [-0.2, 0) is 0 Å². The molecule has 7 aliphatic rings. The molecule has 6 aromatic rings. The van der Waals surface area contributed by atoms with Crippen molar-refractivity contribution in [2.45, 2.75) is 160 Å². The molecule has 13 rings (SSSR count). The molecule has 7 fully saturated rings. The molecule has 7 heterocycles. The van der Waals surface area contributed by atoms with Gasteiger partial charge in [-0.25, -0.2) is 0 Å². The van der Waals surface area contributed by atoms with Crippen LogP contribution in [0.4, 0.5) is 0 Å². The van der Waals surface area contributed by atoms with E-state index in [1.165, 1.54) is 97.6 Å². The van der Waals surface area contributed by atoms with E-state index in [0.29, 0.717) is 108 Å². The van der Waals surface area contributed by atoms with Crippen LogP contribution in [0.1, 0.15) is 133 Å². The fraction of sp³-hybridized carbons (Fsp3) is 0.455. The van der Waals surface area contributed by atoms with Gasteiger partial charge in [-0.15, -0.1) is 0 Å². The zero-order chi connectivity index (χ0) is 47.8. The van der Waals surface area contributed by atoms with Gasteiger partial charge in [0.25, 0.3) is 0 Å². The maximum atomic E-state index is 4.50. The number of rotatable bonds is 6. The van der Waals surface area contributed by atoms with Crippen molar-refractivity contribution in [1.82, 2.24) is 31.9 Å². The summed E-state index contributed by atoms with van der Waals surface area (Å²) in [6.07, 6.45) is 12.0. The van der Waals surface area contributed by atoms with Crippen LogP contribution in [0, 0.1) is 11.8 Å². The summed E-state index contributed by atoms with van der Waals surface area (Å²) in [5.41, 5.74) is 8.95. The Morgan fingerprint density at radius 3 is 0.653 bits per heavy atom. The fourth-order valence-electron chi connectivity index (χ4n) is 16.9. The molecule has 6 N–H and O–H groups in total. The number of nitrogens with one attached hydrogen (secondary N) is 6. The summed E-state index contributed by atoms with van der Waals surface area (Å²) in [5.74, 6) is 3.52. The highest BCUT2D eigenvalue weighted by Crippen LogP contribution is 2.48. The smallest absolute Gasteiger partial charge is 0.0154 e. The molecular formula is C66H78N6. The second-order valence-corrected chi connectivity index (χ2v) is 23.5. The van der Waals surface area contributed by atoms with Crippen molar-refractivity contribution in [3.8, 4) is 0 Å². The Bertz CT molecular complexity index is 2100. The Hall–Kier alpha value is -4.92. The summed E-state index contributed by atoms with van der Waals surface area (Å²) in [6.45, 7) is 2.11. The molecule has 72 heavy (non-hydrogen) atoms. The third-order valence-corrected chi connectivity index (χ3v) is 19.7. The van der Waals surface area contributed by atoms with E-state index in [-0.39, 0.29) is 0 Å². The van der Waals surface area contributed by atoms with E-state index in [2.05, 4.69) is 214 Å². The first-order chi connectivity index (χ1) is 35.7. The zero-order valence-electron chi connectivity index (χ0n) is 42.2. The minimum Gasteiger partial charge on any atom is -0.313 e. The molecule has 0 saturated carbocycles. The highest BCUT2D eigenvalue weighted by atomic mass is 15.1. The molecule has 6 aromatic carbocycles. The van der Waals surface area contributed by atoms with Gasteiger partial charge in [0.2, 0.25) is 0 Å². The molecule has 0 spiro atoms. The molecule has 18 unspecified atom stereocenters. The van der Waals surface area contributed by atoms with Crippen LogP contribution in [0.3, 0.4) is 0 Å². The Morgan fingerprint density at radius 1 is 0.222 bits per heavy atom. The summed E-state index contributed by atoms with van der Waals surface area (Å²) in [6, 6.07) is 73.9. The van der Waals surface area contributed by atoms with Crippen LogP contribution in [0.15, 0.2) is 182 Å². The topological polar surface area (TPSA) is 72.2 Å². The molecular weight excluding hydrogens is 877 g/mol. The van der Waals surface area contributed by atoms with Crippen molar-refractivity contribution in [2.75, 3.05) is 13.1 Å². The SMILES string of the molecule is c1ccc(C2C3CNC(C3)C(c3ccccc3)C3CCC(N3)C(c3ccccc3)C3CCC(N3)C(c3ccccc3)C3CNC(C3)C(c3ccccc3)C3CCC(N3)C(c3ccccc3)C3CCC2N3)cc1. The van der Waals surface area contributed by atoms with Crippen molar-refractivity contribution in [3.63, 3.8) is 0 Å². The van der Waals surface area contributed by atoms with Gasteiger partial charge in [-0.3, -0.25) is 0 Å². The molecule has 12 bridgehead atoms. The molecule has 372 valence electrons. The lowest BCUT2D eigenvalue weighted by molar-refractivity contribution is 0.303. The fourth-order valence-corrected chi connectivity index (χ4v) is 16.9. The van der Waals surface area contributed by atoms with Crippen LogP contribution in [0.25, 0.3) is 0 Å². The van der Waals surface area contributed by atoms with E-state index in [0.717, 1.165) is 13.1 Å².